The Morgan fingerprint density at radius 2 is 1.90 bits per heavy atom. The van der Waals surface area contributed by atoms with Crippen molar-refractivity contribution in [2.24, 2.45) is 5.73 Å². The normalized spacial score (nSPS) is 13.1. The quantitative estimate of drug-likeness (QED) is 0.456. The van der Waals surface area contributed by atoms with Gasteiger partial charge in [-0.3, -0.25) is 4.79 Å². The zero-order valence-corrected chi connectivity index (χ0v) is 9.92. The number of carboxylic acids is 1. The second-order valence-electron chi connectivity index (χ2n) is 4.09. The molecular weight excluding hydrogens is 282 g/mol. The maximum Gasteiger partial charge on any atom is 0.492 e. The summed E-state index contributed by atoms with van der Waals surface area (Å²) >= 11 is 0. The minimum Gasteiger partial charge on any atom is -0.508 e. The first kappa shape index (κ1) is 16.3. The van der Waals surface area contributed by atoms with Gasteiger partial charge in [0, 0.05) is 11.9 Å². The van der Waals surface area contributed by atoms with Crippen LogP contribution in [0.4, 0.5) is 13.2 Å². The zero-order chi connectivity index (χ0) is 15.7. The maximum atomic E-state index is 12.6. The molecule has 1 aromatic carbocycles. The summed E-state index contributed by atoms with van der Waals surface area (Å²) in [6, 6.07) is -0.646. The molecule has 0 aliphatic carbocycles. The molecule has 0 fully saturated rings. The SMILES string of the molecule is N[C@@H](Cc1cc(C(F)(F)F)cc(B(O)O)c1O)C(=O)O. The molecule has 0 heterocycles. The number of phenolic OH excluding ortho intramolecular Hbond substituents is 1. The molecule has 110 valence electrons. The largest absolute Gasteiger partial charge is 0.508 e. The lowest BCUT2D eigenvalue weighted by Gasteiger charge is -2.15. The van der Waals surface area contributed by atoms with Crippen molar-refractivity contribution in [3.63, 3.8) is 0 Å². The molecule has 0 saturated carbocycles. The van der Waals surface area contributed by atoms with Crippen molar-refractivity contribution in [1.82, 2.24) is 0 Å². The molecule has 1 atom stereocenters. The molecule has 0 spiro atoms. The Morgan fingerprint density at radius 1 is 1.35 bits per heavy atom. The van der Waals surface area contributed by atoms with Crippen molar-refractivity contribution < 1.29 is 38.2 Å². The van der Waals surface area contributed by atoms with Gasteiger partial charge in [0.05, 0.1) is 5.56 Å². The number of hydrogen-bond acceptors (Lipinski definition) is 5. The average molecular weight is 293 g/mol. The standard InChI is InChI=1S/C10H11BF3NO5/c12-10(13,14)5-1-4(2-7(15)9(17)18)8(16)6(3-5)11(19)20/h1,3,7,16,19-20H,2,15H2,(H,17,18)/t7-/m0/s1. The van der Waals surface area contributed by atoms with E-state index in [0.717, 1.165) is 0 Å². The molecule has 0 aromatic heterocycles. The fraction of sp³-hybridized carbons (Fsp3) is 0.300. The molecule has 0 radical (unpaired) electrons. The molecule has 0 amide bonds. The Hall–Kier alpha value is -1.78. The number of carbonyl (C=O) groups is 1. The number of halogens is 3. The molecule has 0 bridgehead atoms. The van der Waals surface area contributed by atoms with Crippen LogP contribution in [0.25, 0.3) is 0 Å². The van der Waals surface area contributed by atoms with Gasteiger partial charge in [0.2, 0.25) is 0 Å². The number of nitrogens with two attached hydrogens (primary N) is 1. The van der Waals surface area contributed by atoms with Crippen molar-refractivity contribution in [1.29, 1.82) is 0 Å². The number of rotatable bonds is 4. The number of carboxylic acid groups (broad SMARTS) is 1. The van der Waals surface area contributed by atoms with Gasteiger partial charge in [-0.05, 0) is 17.7 Å². The lowest BCUT2D eigenvalue weighted by Crippen LogP contribution is -2.35. The molecule has 0 unspecified atom stereocenters. The summed E-state index contributed by atoms with van der Waals surface area (Å²) in [7, 11) is -2.34. The van der Waals surface area contributed by atoms with Crippen LogP contribution in [0.3, 0.4) is 0 Å². The van der Waals surface area contributed by atoms with Crippen LogP contribution in [0, 0.1) is 0 Å². The minimum atomic E-state index is -4.79. The predicted octanol–water partition coefficient (Wildman–Crippen LogP) is -0.955. The molecule has 0 aliphatic rings. The predicted molar refractivity (Wildman–Crippen MR) is 62.2 cm³/mol. The van der Waals surface area contributed by atoms with Crippen molar-refractivity contribution in [3.8, 4) is 5.75 Å². The first-order valence-corrected chi connectivity index (χ1v) is 5.31. The summed E-state index contributed by atoms with van der Waals surface area (Å²) < 4.78 is 37.9. The highest BCUT2D eigenvalue weighted by Crippen LogP contribution is 2.31. The van der Waals surface area contributed by atoms with E-state index in [1.54, 1.807) is 0 Å². The van der Waals surface area contributed by atoms with E-state index in [9.17, 15) is 23.1 Å². The molecular formula is C10H11BF3NO5. The number of phenols is 1. The van der Waals surface area contributed by atoms with Crippen LogP contribution in [0.2, 0.25) is 0 Å². The van der Waals surface area contributed by atoms with Gasteiger partial charge in [0.25, 0.3) is 0 Å². The highest BCUT2D eigenvalue weighted by Gasteiger charge is 2.34. The van der Waals surface area contributed by atoms with E-state index in [-0.39, 0.29) is 0 Å². The third-order valence-corrected chi connectivity index (χ3v) is 2.58. The van der Waals surface area contributed by atoms with E-state index >= 15 is 0 Å². The minimum absolute atomic E-state index is 0.371. The molecule has 6 nitrogen and oxygen atoms in total. The number of hydrogen-bond donors (Lipinski definition) is 5. The summed E-state index contributed by atoms with van der Waals surface area (Å²) in [6.45, 7) is 0. The first-order valence-electron chi connectivity index (χ1n) is 5.31. The number of aromatic hydroxyl groups is 1. The van der Waals surface area contributed by atoms with Crippen LogP contribution in [-0.2, 0) is 17.4 Å². The molecule has 10 heteroatoms. The van der Waals surface area contributed by atoms with Crippen LogP contribution in [0.5, 0.6) is 5.75 Å². The maximum absolute atomic E-state index is 12.6. The Balaban J connectivity index is 3.35. The molecule has 6 N–H and O–H groups in total. The van der Waals surface area contributed by atoms with Gasteiger partial charge in [-0.25, -0.2) is 0 Å². The van der Waals surface area contributed by atoms with Crippen LogP contribution >= 0.6 is 0 Å². The van der Waals surface area contributed by atoms with Gasteiger partial charge in [0.15, 0.2) is 0 Å². The smallest absolute Gasteiger partial charge is 0.492 e. The lowest BCUT2D eigenvalue weighted by atomic mass is 9.77. The third kappa shape index (κ3) is 3.62. The van der Waals surface area contributed by atoms with Gasteiger partial charge in [-0.1, -0.05) is 0 Å². The number of benzene rings is 1. The van der Waals surface area contributed by atoms with Crippen molar-refractivity contribution >= 4 is 18.6 Å². The monoisotopic (exact) mass is 293 g/mol. The van der Waals surface area contributed by atoms with E-state index in [0.29, 0.717) is 12.1 Å². The van der Waals surface area contributed by atoms with E-state index in [4.69, 9.17) is 20.9 Å². The second-order valence-corrected chi connectivity index (χ2v) is 4.09. The molecule has 1 rings (SSSR count). The van der Waals surface area contributed by atoms with Crippen molar-refractivity contribution in [3.05, 3.63) is 23.3 Å². The van der Waals surface area contributed by atoms with Crippen LogP contribution < -0.4 is 11.2 Å². The fourth-order valence-electron chi connectivity index (χ4n) is 1.56. The van der Waals surface area contributed by atoms with E-state index in [1.165, 1.54) is 0 Å². The molecule has 0 aliphatic heterocycles. The highest BCUT2D eigenvalue weighted by molar-refractivity contribution is 6.59. The van der Waals surface area contributed by atoms with Crippen LogP contribution in [0.1, 0.15) is 11.1 Å². The Bertz CT molecular complexity index is 520. The van der Waals surface area contributed by atoms with E-state index in [2.05, 4.69) is 0 Å². The van der Waals surface area contributed by atoms with Crippen molar-refractivity contribution in [2.75, 3.05) is 0 Å². The van der Waals surface area contributed by atoms with E-state index in [1.807, 2.05) is 0 Å². The summed E-state index contributed by atoms with van der Waals surface area (Å²) in [5.41, 5.74) is 2.74. The van der Waals surface area contributed by atoms with Gasteiger partial charge in [-0.15, -0.1) is 0 Å². The number of alkyl halides is 3. The summed E-state index contributed by atoms with van der Waals surface area (Å²) in [5, 5.41) is 36.1. The Kier molecular flexibility index (Phi) is 4.63. The van der Waals surface area contributed by atoms with Crippen molar-refractivity contribution in [2.45, 2.75) is 18.6 Å². The van der Waals surface area contributed by atoms with Gasteiger partial charge < -0.3 is 26.0 Å². The second kappa shape index (κ2) is 5.69. The highest BCUT2D eigenvalue weighted by atomic mass is 19.4. The van der Waals surface area contributed by atoms with Gasteiger partial charge >= 0.3 is 19.3 Å². The summed E-state index contributed by atoms with van der Waals surface area (Å²) in [4.78, 5) is 10.6. The van der Waals surface area contributed by atoms with Gasteiger partial charge in [-0.2, -0.15) is 13.2 Å². The topological polar surface area (TPSA) is 124 Å². The Morgan fingerprint density at radius 3 is 2.30 bits per heavy atom. The lowest BCUT2D eigenvalue weighted by molar-refractivity contribution is -0.138. The molecule has 0 saturated heterocycles. The van der Waals surface area contributed by atoms with Crippen LogP contribution in [-0.4, -0.2) is 39.4 Å². The van der Waals surface area contributed by atoms with Gasteiger partial charge in [0.1, 0.15) is 11.8 Å². The third-order valence-electron chi connectivity index (χ3n) is 2.58. The zero-order valence-electron chi connectivity index (χ0n) is 9.92. The fourth-order valence-corrected chi connectivity index (χ4v) is 1.56. The Labute approximate surface area is 111 Å². The molecule has 1 aromatic rings. The van der Waals surface area contributed by atoms with Crippen LogP contribution in [0.15, 0.2) is 12.1 Å². The van der Waals surface area contributed by atoms with E-state index < -0.39 is 54.1 Å². The average Bonchev–Trinajstić information content (AvgIpc) is 2.29. The molecule has 20 heavy (non-hydrogen) atoms. The first-order chi connectivity index (χ1) is 9.04. The number of aliphatic carboxylic acids is 1. The summed E-state index contributed by atoms with van der Waals surface area (Å²) in [6.07, 6.45) is -5.38. The summed E-state index contributed by atoms with van der Waals surface area (Å²) in [5.74, 6) is -2.29.